The summed E-state index contributed by atoms with van der Waals surface area (Å²) in [6.45, 7) is 6.32. The summed E-state index contributed by atoms with van der Waals surface area (Å²) >= 11 is 0. The molecule has 0 saturated carbocycles. The van der Waals surface area contributed by atoms with E-state index < -0.39 is 0 Å². The zero-order valence-electron chi connectivity index (χ0n) is 17.7. The summed E-state index contributed by atoms with van der Waals surface area (Å²) in [6.07, 6.45) is 4.43. The molecule has 3 heterocycles. The number of rotatable bonds is 4. The van der Waals surface area contributed by atoms with Gasteiger partial charge in [-0.3, -0.25) is 0 Å². The third kappa shape index (κ3) is 4.13. The van der Waals surface area contributed by atoms with Crippen LogP contribution in [-0.2, 0) is 0 Å². The number of hydrogen-bond donors (Lipinski definition) is 1. The lowest BCUT2D eigenvalue weighted by atomic mass is 10.0. The number of fused-ring (bicyclic) bond motifs is 1. The van der Waals surface area contributed by atoms with Crippen molar-refractivity contribution in [3.05, 3.63) is 54.7 Å². The van der Waals surface area contributed by atoms with Crippen molar-refractivity contribution in [2.45, 2.75) is 18.9 Å². The Hall–Kier alpha value is -2.63. The Bertz CT molecular complexity index is 990. The second-order valence-corrected chi connectivity index (χ2v) is 8.45. The number of aromatic nitrogens is 1. The Morgan fingerprint density at radius 1 is 0.900 bits per heavy atom. The van der Waals surface area contributed by atoms with Crippen LogP contribution in [0.4, 0.5) is 5.82 Å². The maximum atomic E-state index is 6.15. The van der Waals surface area contributed by atoms with Gasteiger partial charge in [0.2, 0.25) is 0 Å². The lowest BCUT2D eigenvalue weighted by Crippen LogP contribution is -2.44. The highest BCUT2D eigenvalue weighted by Crippen LogP contribution is 2.30. The number of anilines is 1. The van der Waals surface area contributed by atoms with E-state index >= 15 is 0 Å². The van der Waals surface area contributed by atoms with Crippen molar-refractivity contribution in [2.24, 2.45) is 0 Å². The van der Waals surface area contributed by atoms with Gasteiger partial charge in [-0.15, -0.1) is 0 Å². The Balaban J connectivity index is 1.36. The zero-order chi connectivity index (χ0) is 20.3. The Kier molecular flexibility index (Phi) is 5.56. The van der Waals surface area contributed by atoms with Gasteiger partial charge in [0, 0.05) is 37.8 Å². The number of likely N-dealkylation sites (N-methyl/N-ethyl adjacent to an activating group) is 1. The molecule has 30 heavy (non-hydrogen) atoms. The van der Waals surface area contributed by atoms with Gasteiger partial charge < -0.3 is 19.9 Å². The van der Waals surface area contributed by atoms with Crippen LogP contribution in [0.3, 0.4) is 0 Å². The molecule has 5 heteroatoms. The number of hydrogen-bond acceptors (Lipinski definition) is 5. The van der Waals surface area contributed by atoms with Crippen LogP contribution in [0.5, 0.6) is 5.75 Å². The van der Waals surface area contributed by atoms with Gasteiger partial charge in [0.05, 0.1) is 0 Å². The third-order valence-corrected chi connectivity index (χ3v) is 6.32. The molecule has 2 aromatic carbocycles. The number of piperazine rings is 1. The first-order valence-electron chi connectivity index (χ1n) is 11.1. The largest absolute Gasteiger partial charge is 0.490 e. The quantitative estimate of drug-likeness (QED) is 0.719. The van der Waals surface area contributed by atoms with Gasteiger partial charge in [-0.25, -0.2) is 4.98 Å². The van der Waals surface area contributed by atoms with E-state index in [1.54, 1.807) is 0 Å². The van der Waals surface area contributed by atoms with Crippen molar-refractivity contribution in [3.8, 4) is 16.9 Å². The molecule has 0 unspecified atom stereocenters. The second kappa shape index (κ2) is 8.62. The number of benzene rings is 2. The topological polar surface area (TPSA) is 40.6 Å². The highest BCUT2D eigenvalue weighted by atomic mass is 16.5. The van der Waals surface area contributed by atoms with Crippen LogP contribution < -0.4 is 15.0 Å². The Morgan fingerprint density at radius 2 is 1.63 bits per heavy atom. The van der Waals surface area contributed by atoms with Crippen molar-refractivity contribution in [1.29, 1.82) is 0 Å². The monoisotopic (exact) mass is 402 g/mol. The molecule has 0 aliphatic carbocycles. The first-order chi connectivity index (χ1) is 14.8. The Morgan fingerprint density at radius 3 is 2.40 bits per heavy atom. The minimum absolute atomic E-state index is 0.332. The summed E-state index contributed by atoms with van der Waals surface area (Å²) in [6, 6.07) is 17.4. The van der Waals surface area contributed by atoms with Crippen LogP contribution >= 0.6 is 0 Å². The van der Waals surface area contributed by atoms with Crippen molar-refractivity contribution in [3.63, 3.8) is 0 Å². The highest BCUT2D eigenvalue weighted by Gasteiger charge is 2.18. The van der Waals surface area contributed by atoms with Gasteiger partial charge in [-0.05, 0) is 73.8 Å². The summed E-state index contributed by atoms with van der Waals surface area (Å²) in [5.41, 5.74) is 2.44. The maximum absolute atomic E-state index is 6.15. The molecule has 0 radical (unpaired) electrons. The van der Waals surface area contributed by atoms with Gasteiger partial charge >= 0.3 is 0 Å². The van der Waals surface area contributed by atoms with E-state index in [4.69, 9.17) is 9.72 Å². The normalized spacial score (nSPS) is 18.6. The second-order valence-electron chi connectivity index (χ2n) is 8.45. The Labute approximate surface area is 178 Å². The predicted molar refractivity (Wildman–Crippen MR) is 123 cm³/mol. The van der Waals surface area contributed by atoms with Crippen LogP contribution in [0, 0.1) is 0 Å². The first kappa shape index (κ1) is 19.3. The molecule has 0 amide bonds. The minimum Gasteiger partial charge on any atom is -0.490 e. The molecule has 156 valence electrons. The standard InChI is InChI=1S/C25H30N4O/c1-28-14-16-29(17-15-28)25-24-7-4-20(18-21(24)8-13-27-25)19-2-5-22(6-3-19)30-23-9-11-26-12-10-23/h2-8,13,18,23,26H,9-12,14-17H2,1H3. The molecular formula is C25H30N4O. The molecule has 2 aliphatic rings. The molecule has 5 rings (SSSR count). The van der Waals surface area contributed by atoms with Crippen molar-refractivity contribution < 1.29 is 4.74 Å². The zero-order valence-corrected chi connectivity index (χ0v) is 17.7. The molecule has 2 aliphatic heterocycles. The molecule has 2 fully saturated rings. The van der Waals surface area contributed by atoms with Crippen LogP contribution in [0.1, 0.15) is 12.8 Å². The van der Waals surface area contributed by atoms with E-state index in [2.05, 4.69) is 70.7 Å². The SMILES string of the molecule is CN1CCN(c2nccc3cc(-c4ccc(OC5CCNCC5)cc4)ccc23)CC1. The smallest absolute Gasteiger partial charge is 0.136 e. The molecule has 5 nitrogen and oxygen atoms in total. The van der Waals surface area contributed by atoms with E-state index in [-0.39, 0.29) is 0 Å². The molecule has 2 saturated heterocycles. The molecule has 0 spiro atoms. The summed E-state index contributed by atoms with van der Waals surface area (Å²) < 4.78 is 6.15. The summed E-state index contributed by atoms with van der Waals surface area (Å²) in [5.74, 6) is 2.07. The average molecular weight is 403 g/mol. The van der Waals surface area contributed by atoms with Crippen molar-refractivity contribution >= 4 is 16.6 Å². The van der Waals surface area contributed by atoms with E-state index in [0.717, 1.165) is 63.7 Å². The highest BCUT2D eigenvalue weighted by molar-refractivity contribution is 5.95. The maximum Gasteiger partial charge on any atom is 0.136 e. The molecule has 3 aromatic rings. The number of ether oxygens (including phenoxy) is 1. The fraction of sp³-hybridized carbons (Fsp3) is 0.400. The predicted octanol–water partition coefficient (Wildman–Crippen LogP) is 3.78. The average Bonchev–Trinajstić information content (AvgIpc) is 2.80. The fourth-order valence-electron chi connectivity index (χ4n) is 4.44. The first-order valence-corrected chi connectivity index (χ1v) is 11.1. The van der Waals surface area contributed by atoms with Gasteiger partial charge in [0.25, 0.3) is 0 Å². The number of piperidine rings is 1. The molecule has 0 bridgehead atoms. The fourth-order valence-corrected chi connectivity index (χ4v) is 4.44. The number of pyridine rings is 1. The van der Waals surface area contributed by atoms with Crippen LogP contribution in [0.25, 0.3) is 21.9 Å². The van der Waals surface area contributed by atoms with E-state index in [1.807, 2.05) is 6.20 Å². The lowest BCUT2D eigenvalue weighted by Gasteiger charge is -2.33. The summed E-state index contributed by atoms with van der Waals surface area (Å²) in [4.78, 5) is 9.50. The van der Waals surface area contributed by atoms with E-state index in [9.17, 15) is 0 Å². The minimum atomic E-state index is 0.332. The lowest BCUT2D eigenvalue weighted by molar-refractivity contribution is 0.162. The van der Waals surface area contributed by atoms with Gasteiger partial charge in [0.1, 0.15) is 17.7 Å². The molecule has 1 aromatic heterocycles. The van der Waals surface area contributed by atoms with Crippen molar-refractivity contribution in [2.75, 3.05) is 51.2 Å². The third-order valence-electron chi connectivity index (χ3n) is 6.32. The van der Waals surface area contributed by atoms with Gasteiger partial charge in [-0.2, -0.15) is 0 Å². The van der Waals surface area contributed by atoms with E-state index in [1.165, 1.54) is 21.9 Å². The summed E-state index contributed by atoms with van der Waals surface area (Å²) in [5, 5.41) is 5.86. The number of nitrogens with one attached hydrogen (secondary N) is 1. The van der Waals surface area contributed by atoms with Crippen LogP contribution in [-0.4, -0.2) is 62.3 Å². The molecule has 1 N–H and O–H groups in total. The summed E-state index contributed by atoms with van der Waals surface area (Å²) in [7, 11) is 2.18. The van der Waals surface area contributed by atoms with Gasteiger partial charge in [-0.1, -0.05) is 24.3 Å². The van der Waals surface area contributed by atoms with Crippen molar-refractivity contribution in [1.82, 2.24) is 15.2 Å². The number of nitrogens with zero attached hydrogens (tertiary/aromatic N) is 3. The molecule has 0 atom stereocenters. The molecular weight excluding hydrogens is 372 g/mol. The van der Waals surface area contributed by atoms with Gasteiger partial charge in [0.15, 0.2) is 0 Å². The van der Waals surface area contributed by atoms with Crippen LogP contribution in [0.15, 0.2) is 54.7 Å². The van der Waals surface area contributed by atoms with E-state index in [0.29, 0.717) is 6.10 Å². The van der Waals surface area contributed by atoms with Crippen LogP contribution in [0.2, 0.25) is 0 Å².